The van der Waals surface area contributed by atoms with Crippen LogP contribution in [0.15, 0.2) is 291 Å². The maximum atomic E-state index is 7.39. The summed E-state index contributed by atoms with van der Waals surface area (Å²) in [5.41, 5.74) is 19.5. The number of benzene rings is 13. The van der Waals surface area contributed by atoms with Crippen molar-refractivity contribution >= 4 is 21.5 Å². The molecular formula is C79H54O2. The molecule has 0 atom stereocenters. The Bertz CT molecular complexity index is 4330. The summed E-state index contributed by atoms with van der Waals surface area (Å²) < 4.78 is 14.8. The Labute approximate surface area is 472 Å². The van der Waals surface area contributed by atoms with E-state index < -0.39 is 10.8 Å². The van der Waals surface area contributed by atoms with Gasteiger partial charge in [-0.1, -0.05) is 287 Å². The van der Waals surface area contributed by atoms with Gasteiger partial charge in [-0.25, -0.2) is 0 Å². The molecule has 16 rings (SSSR count). The summed E-state index contributed by atoms with van der Waals surface area (Å²) in [6.45, 7) is 4.75. The van der Waals surface area contributed by atoms with Gasteiger partial charge in [0, 0.05) is 38.8 Å². The van der Waals surface area contributed by atoms with Crippen LogP contribution in [0.1, 0.15) is 69.5 Å². The number of hydrogen-bond acceptors (Lipinski definition) is 2. The standard InChI is InChI=1S/C79H54O2/c1-77(2)65-42-16-15-34-61(65)74-62(41-25-45-68(74)77)73-57-37-21-35-55(59-39-23-46-69-75(59)80-71-48-19-17-43-66(71)78(69,51-26-7-3-8-27-51)52-28-9-4-10-29-52)63(57)50-64-56(36-22-38-58(64)73)60-40-24-47-70-76(60)81-72-49-20-18-44-67(72)79(70,53-30-11-5-12-31-53)54-32-13-6-14-33-54/h3-50H,1-2H3. The van der Waals surface area contributed by atoms with Gasteiger partial charge >= 0.3 is 0 Å². The van der Waals surface area contributed by atoms with E-state index in [-0.39, 0.29) is 5.41 Å². The SMILES string of the molecule is CC1(C)c2ccccc2-c2c(-c3c4cccc(-c5cccc6c5Oc5ccccc5C6(c5ccccc5)c5ccccc5)c4cc4c(-c5cccc6c5Oc5ccccc5C6(c5ccccc5)c5ccccc5)cccc34)cccc21. The predicted octanol–water partition coefficient (Wildman–Crippen LogP) is 20.3. The van der Waals surface area contributed by atoms with Gasteiger partial charge in [-0.2, -0.15) is 0 Å². The van der Waals surface area contributed by atoms with E-state index in [1.807, 2.05) is 0 Å². The van der Waals surface area contributed by atoms with Crippen molar-refractivity contribution in [3.8, 4) is 67.5 Å². The minimum atomic E-state index is -0.678. The molecule has 3 aliphatic rings. The molecule has 13 aromatic carbocycles. The van der Waals surface area contributed by atoms with Crippen LogP contribution in [0, 0.1) is 0 Å². The van der Waals surface area contributed by atoms with Gasteiger partial charge in [0.05, 0.1) is 10.8 Å². The second kappa shape index (κ2) is 18.0. The fourth-order valence-electron chi connectivity index (χ4n) is 14.8. The van der Waals surface area contributed by atoms with Gasteiger partial charge in [0.1, 0.15) is 23.0 Å². The summed E-state index contributed by atoms with van der Waals surface area (Å²) in [7, 11) is 0. The molecule has 2 aliphatic heterocycles. The third-order valence-electron chi connectivity index (χ3n) is 18.2. The topological polar surface area (TPSA) is 18.5 Å². The van der Waals surface area contributed by atoms with Crippen molar-refractivity contribution in [2.45, 2.75) is 30.1 Å². The smallest absolute Gasteiger partial charge is 0.140 e. The van der Waals surface area contributed by atoms with Gasteiger partial charge in [-0.3, -0.25) is 0 Å². The Hall–Kier alpha value is -10.0. The Morgan fingerprint density at radius 2 is 0.568 bits per heavy atom. The maximum absolute atomic E-state index is 7.39. The molecule has 0 amide bonds. The van der Waals surface area contributed by atoms with Crippen molar-refractivity contribution in [1.29, 1.82) is 0 Å². The monoisotopic (exact) mass is 1030 g/mol. The molecule has 0 bridgehead atoms. The summed E-state index contributed by atoms with van der Waals surface area (Å²) in [6.07, 6.45) is 0. The highest BCUT2D eigenvalue weighted by atomic mass is 16.5. The van der Waals surface area contributed by atoms with Gasteiger partial charge in [0.25, 0.3) is 0 Å². The first-order chi connectivity index (χ1) is 40.0. The molecule has 382 valence electrons. The van der Waals surface area contributed by atoms with Crippen molar-refractivity contribution in [2.75, 3.05) is 0 Å². The van der Waals surface area contributed by atoms with Gasteiger partial charge in [0.2, 0.25) is 0 Å². The number of ether oxygens (including phenoxy) is 2. The Morgan fingerprint density at radius 1 is 0.235 bits per heavy atom. The normalized spacial score (nSPS) is 14.5. The number of para-hydroxylation sites is 4. The summed E-state index contributed by atoms with van der Waals surface area (Å²) in [5, 5.41) is 4.61. The van der Waals surface area contributed by atoms with E-state index >= 15 is 0 Å². The summed E-state index contributed by atoms with van der Waals surface area (Å²) >= 11 is 0. The molecule has 0 spiro atoms. The number of fused-ring (bicyclic) bond motifs is 9. The molecule has 0 N–H and O–H groups in total. The Balaban J connectivity index is 1.02. The average molecular weight is 1040 g/mol. The highest BCUT2D eigenvalue weighted by Crippen LogP contribution is 2.61. The summed E-state index contributed by atoms with van der Waals surface area (Å²) in [5.74, 6) is 3.39. The molecule has 2 nitrogen and oxygen atoms in total. The van der Waals surface area contributed by atoms with E-state index in [0.29, 0.717) is 0 Å². The average Bonchev–Trinajstić information content (AvgIpc) is 3.80. The van der Waals surface area contributed by atoms with Gasteiger partial charge in [0.15, 0.2) is 0 Å². The molecule has 0 aromatic heterocycles. The zero-order valence-corrected chi connectivity index (χ0v) is 45.0. The zero-order valence-electron chi connectivity index (χ0n) is 45.0. The Kier molecular flexibility index (Phi) is 10.5. The minimum Gasteiger partial charge on any atom is -0.456 e. The van der Waals surface area contributed by atoms with Gasteiger partial charge in [-0.15, -0.1) is 0 Å². The van der Waals surface area contributed by atoms with E-state index in [1.165, 1.54) is 66.4 Å². The van der Waals surface area contributed by atoms with Crippen LogP contribution in [0.4, 0.5) is 0 Å². The molecule has 0 radical (unpaired) electrons. The van der Waals surface area contributed by atoms with Crippen molar-refractivity contribution in [3.63, 3.8) is 0 Å². The molecule has 0 unspecified atom stereocenters. The lowest BCUT2D eigenvalue weighted by molar-refractivity contribution is 0.436. The molecule has 1 aliphatic carbocycles. The van der Waals surface area contributed by atoms with Crippen molar-refractivity contribution in [3.05, 3.63) is 347 Å². The van der Waals surface area contributed by atoms with Gasteiger partial charge in [-0.05, 0) is 107 Å². The molecular weight excluding hydrogens is 981 g/mol. The van der Waals surface area contributed by atoms with Crippen LogP contribution in [0.5, 0.6) is 23.0 Å². The zero-order chi connectivity index (χ0) is 53.9. The summed E-state index contributed by atoms with van der Waals surface area (Å²) in [4.78, 5) is 0. The van der Waals surface area contributed by atoms with Gasteiger partial charge < -0.3 is 9.47 Å². The first-order valence-corrected chi connectivity index (χ1v) is 28.2. The van der Waals surface area contributed by atoms with Crippen LogP contribution < -0.4 is 9.47 Å². The molecule has 2 heteroatoms. The van der Waals surface area contributed by atoms with Crippen LogP contribution in [-0.4, -0.2) is 0 Å². The molecule has 0 saturated heterocycles. The first-order valence-electron chi connectivity index (χ1n) is 28.2. The highest BCUT2D eigenvalue weighted by molar-refractivity contribution is 6.21. The third-order valence-corrected chi connectivity index (χ3v) is 18.2. The maximum Gasteiger partial charge on any atom is 0.140 e. The minimum absolute atomic E-state index is 0.194. The Morgan fingerprint density at radius 3 is 1.02 bits per heavy atom. The lowest BCUT2D eigenvalue weighted by Gasteiger charge is -2.42. The van der Waals surface area contributed by atoms with E-state index in [4.69, 9.17) is 9.47 Å². The lowest BCUT2D eigenvalue weighted by atomic mass is 9.63. The van der Waals surface area contributed by atoms with Crippen LogP contribution in [0.3, 0.4) is 0 Å². The van der Waals surface area contributed by atoms with Crippen molar-refractivity contribution < 1.29 is 9.47 Å². The van der Waals surface area contributed by atoms with E-state index in [1.54, 1.807) is 0 Å². The fraction of sp³-hybridized carbons (Fsp3) is 0.0633. The predicted molar refractivity (Wildman–Crippen MR) is 332 cm³/mol. The summed E-state index contributed by atoms with van der Waals surface area (Å²) in [6, 6.07) is 107. The quantitative estimate of drug-likeness (QED) is 0.148. The molecule has 0 saturated carbocycles. The lowest BCUT2D eigenvalue weighted by Crippen LogP contribution is -2.34. The second-order valence-electron chi connectivity index (χ2n) is 22.5. The fourth-order valence-corrected chi connectivity index (χ4v) is 14.8. The van der Waals surface area contributed by atoms with E-state index in [9.17, 15) is 0 Å². The van der Waals surface area contributed by atoms with Crippen LogP contribution in [0.25, 0.3) is 66.1 Å². The van der Waals surface area contributed by atoms with Crippen molar-refractivity contribution in [2.24, 2.45) is 0 Å². The highest BCUT2D eigenvalue weighted by Gasteiger charge is 2.48. The number of hydrogen-bond donors (Lipinski definition) is 0. The molecule has 81 heavy (non-hydrogen) atoms. The first kappa shape index (κ1) is 47.0. The largest absolute Gasteiger partial charge is 0.456 e. The van der Waals surface area contributed by atoms with E-state index in [0.717, 1.165) is 78.3 Å². The number of rotatable bonds is 7. The molecule has 13 aromatic rings. The molecule has 0 fully saturated rings. The van der Waals surface area contributed by atoms with Crippen LogP contribution in [-0.2, 0) is 16.2 Å². The van der Waals surface area contributed by atoms with Crippen molar-refractivity contribution in [1.82, 2.24) is 0 Å². The molecule has 2 heterocycles. The van der Waals surface area contributed by atoms with E-state index in [2.05, 4.69) is 305 Å². The second-order valence-corrected chi connectivity index (χ2v) is 22.5. The third kappa shape index (κ3) is 6.62. The van der Waals surface area contributed by atoms with Crippen LogP contribution >= 0.6 is 0 Å². The van der Waals surface area contributed by atoms with Crippen LogP contribution in [0.2, 0.25) is 0 Å².